The van der Waals surface area contributed by atoms with E-state index in [-0.39, 0.29) is 17.9 Å². The molecule has 0 saturated carbocycles. The van der Waals surface area contributed by atoms with Gasteiger partial charge in [-0.25, -0.2) is 0 Å². The van der Waals surface area contributed by atoms with Crippen LogP contribution in [0.15, 0.2) is 36.7 Å². The fraction of sp³-hybridized carbons (Fsp3) is 0.316. The lowest BCUT2D eigenvalue weighted by Crippen LogP contribution is -2.39. The third-order valence-electron chi connectivity index (χ3n) is 5.11. The maximum Gasteiger partial charge on any atom is 0.452 e. The SMILES string of the molecule is C[C@](O)(c1cncc(-c2ccc3c(c2)CCc2nnc(C(F)(F)F)n2-3)c1)C(F)(F)F. The molecule has 1 aliphatic heterocycles. The standard InChI is InChI=1S/C19H14F6N4O/c1-17(30,19(23,24)25)13-7-12(8-26-9-13)10-2-4-14-11(6-10)3-5-15-27-28-16(29(14)15)18(20,21)22/h2,4,6-9,30H,3,5H2,1H3/t17-/m0/s1. The van der Waals surface area contributed by atoms with Crippen LogP contribution in [0.1, 0.15) is 29.7 Å². The molecule has 0 saturated heterocycles. The molecular weight excluding hydrogens is 414 g/mol. The van der Waals surface area contributed by atoms with Crippen molar-refractivity contribution in [1.29, 1.82) is 0 Å². The molecule has 11 heteroatoms. The van der Waals surface area contributed by atoms with Crippen molar-refractivity contribution in [3.05, 3.63) is 59.4 Å². The van der Waals surface area contributed by atoms with E-state index in [4.69, 9.17) is 0 Å². The minimum Gasteiger partial charge on any atom is -0.376 e. The first-order valence-corrected chi connectivity index (χ1v) is 8.79. The molecule has 0 amide bonds. The van der Waals surface area contributed by atoms with Crippen molar-refractivity contribution in [2.24, 2.45) is 0 Å². The molecule has 4 rings (SSSR count). The highest BCUT2D eigenvalue weighted by molar-refractivity contribution is 5.67. The number of nitrogens with zero attached hydrogens (tertiary/aromatic N) is 4. The van der Waals surface area contributed by atoms with E-state index in [0.717, 1.165) is 16.8 Å². The molecule has 0 radical (unpaired) electrons. The highest BCUT2D eigenvalue weighted by atomic mass is 19.4. The Balaban J connectivity index is 1.77. The second-order valence-corrected chi connectivity index (χ2v) is 7.15. The Hall–Kier alpha value is -2.95. The van der Waals surface area contributed by atoms with Crippen molar-refractivity contribution in [1.82, 2.24) is 19.7 Å². The van der Waals surface area contributed by atoms with Crippen LogP contribution in [-0.2, 0) is 24.6 Å². The molecule has 1 N–H and O–H groups in total. The van der Waals surface area contributed by atoms with E-state index in [1.54, 1.807) is 6.07 Å². The van der Waals surface area contributed by atoms with Crippen molar-refractivity contribution in [3.63, 3.8) is 0 Å². The highest BCUT2D eigenvalue weighted by Crippen LogP contribution is 2.40. The third-order valence-corrected chi connectivity index (χ3v) is 5.11. The molecule has 0 spiro atoms. The number of aryl methyl sites for hydroxylation is 2. The molecule has 1 aromatic carbocycles. The number of benzene rings is 1. The average molecular weight is 428 g/mol. The van der Waals surface area contributed by atoms with Crippen LogP contribution in [0, 0.1) is 0 Å². The summed E-state index contributed by atoms with van der Waals surface area (Å²) in [6.45, 7) is 0.632. The van der Waals surface area contributed by atoms with E-state index in [1.165, 1.54) is 18.3 Å². The lowest BCUT2D eigenvalue weighted by molar-refractivity contribution is -0.259. The molecule has 3 aromatic rings. The van der Waals surface area contributed by atoms with Gasteiger partial charge in [0.05, 0.1) is 5.69 Å². The van der Waals surface area contributed by atoms with E-state index in [9.17, 15) is 31.4 Å². The van der Waals surface area contributed by atoms with Gasteiger partial charge in [-0.3, -0.25) is 9.55 Å². The van der Waals surface area contributed by atoms with Crippen molar-refractivity contribution in [2.75, 3.05) is 0 Å². The zero-order valence-electron chi connectivity index (χ0n) is 15.4. The summed E-state index contributed by atoms with van der Waals surface area (Å²) in [5, 5.41) is 16.8. The first-order valence-electron chi connectivity index (χ1n) is 8.79. The summed E-state index contributed by atoms with van der Waals surface area (Å²) in [4.78, 5) is 3.79. The zero-order valence-corrected chi connectivity index (χ0v) is 15.4. The normalized spacial score (nSPS) is 16.0. The maximum atomic E-state index is 13.3. The second kappa shape index (κ2) is 6.53. The van der Waals surface area contributed by atoms with Gasteiger partial charge in [0.15, 0.2) is 5.60 Å². The Kier molecular flexibility index (Phi) is 4.42. The van der Waals surface area contributed by atoms with Crippen molar-refractivity contribution in [2.45, 2.75) is 37.7 Å². The average Bonchev–Trinajstić information content (AvgIpc) is 3.12. The molecular formula is C19H14F6N4O. The predicted octanol–water partition coefficient (Wildman–Crippen LogP) is 4.22. The van der Waals surface area contributed by atoms with Gasteiger partial charge in [0, 0.05) is 29.9 Å². The summed E-state index contributed by atoms with van der Waals surface area (Å²) in [7, 11) is 0. The number of halogens is 6. The predicted molar refractivity (Wildman–Crippen MR) is 92.6 cm³/mol. The number of aliphatic hydroxyl groups is 1. The number of rotatable bonds is 2. The molecule has 1 aliphatic rings. The second-order valence-electron chi connectivity index (χ2n) is 7.15. The quantitative estimate of drug-likeness (QED) is 0.621. The van der Waals surface area contributed by atoms with E-state index < -0.39 is 29.3 Å². The van der Waals surface area contributed by atoms with Crippen molar-refractivity contribution in [3.8, 4) is 16.8 Å². The Morgan fingerprint density at radius 1 is 0.933 bits per heavy atom. The molecule has 3 heterocycles. The molecule has 1 atom stereocenters. The highest BCUT2D eigenvalue weighted by Gasteiger charge is 2.51. The summed E-state index contributed by atoms with van der Waals surface area (Å²) in [6.07, 6.45) is -6.70. The lowest BCUT2D eigenvalue weighted by Gasteiger charge is -2.26. The monoisotopic (exact) mass is 428 g/mol. The van der Waals surface area contributed by atoms with Crippen molar-refractivity contribution >= 4 is 0 Å². The van der Waals surface area contributed by atoms with Crippen LogP contribution in [0.2, 0.25) is 0 Å². The number of alkyl halides is 6. The van der Waals surface area contributed by atoms with Crippen molar-refractivity contribution < 1.29 is 31.4 Å². The fourth-order valence-electron chi connectivity index (χ4n) is 3.37. The molecule has 5 nitrogen and oxygen atoms in total. The zero-order chi connectivity index (χ0) is 21.9. The minimum atomic E-state index is -4.90. The van der Waals surface area contributed by atoms with Crippen LogP contribution in [0.3, 0.4) is 0 Å². The van der Waals surface area contributed by atoms with E-state index in [2.05, 4.69) is 15.2 Å². The Bertz CT molecular complexity index is 1120. The maximum absolute atomic E-state index is 13.3. The van der Waals surface area contributed by atoms with Crippen LogP contribution < -0.4 is 0 Å². The molecule has 0 aliphatic carbocycles. The molecule has 2 aromatic heterocycles. The number of hydrogen-bond acceptors (Lipinski definition) is 4. The molecule has 0 fully saturated rings. The Morgan fingerprint density at radius 3 is 2.33 bits per heavy atom. The van der Waals surface area contributed by atoms with E-state index in [0.29, 0.717) is 30.0 Å². The Morgan fingerprint density at radius 2 is 1.67 bits per heavy atom. The largest absolute Gasteiger partial charge is 0.452 e. The third kappa shape index (κ3) is 3.22. The van der Waals surface area contributed by atoms with Gasteiger partial charge in [0.2, 0.25) is 5.82 Å². The van der Waals surface area contributed by atoms with Gasteiger partial charge < -0.3 is 5.11 Å². The van der Waals surface area contributed by atoms with E-state index in [1.807, 2.05) is 0 Å². The van der Waals surface area contributed by atoms with Gasteiger partial charge in [0.1, 0.15) is 5.82 Å². The topological polar surface area (TPSA) is 63.8 Å². The smallest absolute Gasteiger partial charge is 0.376 e. The molecule has 0 unspecified atom stereocenters. The summed E-state index contributed by atoms with van der Waals surface area (Å²) < 4.78 is 80.1. The number of aromatic nitrogens is 4. The first-order chi connectivity index (χ1) is 13.9. The number of pyridine rings is 1. The summed E-state index contributed by atoms with van der Waals surface area (Å²) in [6, 6.07) is 5.69. The molecule has 158 valence electrons. The minimum absolute atomic E-state index is 0.187. The molecule has 0 bridgehead atoms. The van der Waals surface area contributed by atoms with Crippen LogP contribution in [0.25, 0.3) is 16.8 Å². The summed E-state index contributed by atoms with van der Waals surface area (Å²) >= 11 is 0. The lowest BCUT2D eigenvalue weighted by atomic mass is 9.93. The summed E-state index contributed by atoms with van der Waals surface area (Å²) in [5.74, 6) is -0.941. The van der Waals surface area contributed by atoms with Gasteiger partial charge in [-0.05, 0) is 42.7 Å². The van der Waals surface area contributed by atoms with Crippen LogP contribution >= 0.6 is 0 Å². The van der Waals surface area contributed by atoms with Gasteiger partial charge in [-0.2, -0.15) is 26.3 Å². The van der Waals surface area contributed by atoms with E-state index >= 15 is 0 Å². The van der Waals surface area contributed by atoms with Crippen LogP contribution in [-0.4, -0.2) is 31.0 Å². The first kappa shape index (κ1) is 20.3. The van der Waals surface area contributed by atoms with Gasteiger partial charge >= 0.3 is 12.4 Å². The van der Waals surface area contributed by atoms with Crippen LogP contribution in [0.4, 0.5) is 26.3 Å². The number of hydrogen-bond donors (Lipinski definition) is 1. The van der Waals surface area contributed by atoms with Gasteiger partial charge in [0.25, 0.3) is 0 Å². The van der Waals surface area contributed by atoms with Crippen LogP contribution in [0.5, 0.6) is 0 Å². The number of fused-ring (bicyclic) bond motifs is 3. The molecule has 30 heavy (non-hydrogen) atoms. The fourth-order valence-corrected chi connectivity index (χ4v) is 3.37. The van der Waals surface area contributed by atoms with Gasteiger partial charge in [-0.1, -0.05) is 6.07 Å². The van der Waals surface area contributed by atoms with Gasteiger partial charge in [-0.15, -0.1) is 10.2 Å². The summed E-state index contributed by atoms with van der Waals surface area (Å²) in [5.41, 5.74) is -1.94. The Labute approximate surface area is 166 Å².